The minimum absolute atomic E-state index is 0.156. The molecule has 0 spiro atoms. The zero-order valence-electron chi connectivity index (χ0n) is 21.4. The first kappa shape index (κ1) is 26.4. The molecular formula is C28H25Cl2N5O4. The summed E-state index contributed by atoms with van der Waals surface area (Å²) < 4.78 is 18.6. The number of allylic oxidation sites excluding steroid dienone is 1. The minimum atomic E-state index is -0.581. The van der Waals surface area contributed by atoms with E-state index in [4.69, 9.17) is 37.4 Å². The van der Waals surface area contributed by atoms with E-state index in [-0.39, 0.29) is 12.5 Å². The number of ether oxygens (including phenoxy) is 3. The van der Waals surface area contributed by atoms with Crippen LogP contribution in [-0.4, -0.2) is 34.9 Å². The Labute approximate surface area is 235 Å². The normalized spacial score (nSPS) is 14.3. The van der Waals surface area contributed by atoms with Gasteiger partial charge < -0.3 is 24.8 Å². The number of anilines is 2. The molecule has 39 heavy (non-hydrogen) atoms. The van der Waals surface area contributed by atoms with Gasteiger partial charge >= 0.3 is 0 Å². The summed E-state index contributed by atoms with van der Waals surface area (Å²) in [6.07, 6.45) is 1.44. The van der Waals surface area contributed by atoms with Crippen LogP contribution in [0.25, 0.3) is 0 Å². The number of benzene rings is 3. The van der Waals surface area contributed by atoms with Crippen LogP contribution >= 0.6 is 23.2 Å². The average Bonchev–Trinajstić information content (AvgIpc) is 3.40. The smallest absolute Gasteiger partial charge is 0.255 e. The quantitative estimate of drug-likeness (QED) is 0.266. The molecule has 0 unspecified atom stereocenters. The van der Waals surface area contributed by atoms with Gasteiger partial charge in [-0.1, -0.05) is 35.3 Å². The maximum atomic E-state index is 13.6. The standard InChI is InChI=1S/C28H25Cl2N5O4/c1-16-25(27(36)34-18-8-10-19(37-2)11-9-18)26(35-28(33-16)31-15-32-35)17-7-12-23(24(13-17)38-3)39-14-20-21(29)5-4-6-22(20)30/h4-13,15,26H,14H2,1-3H3,(H,34,36)(H,31,32,33)/t26-/m0/s1. The fourth-order valence-corrected chi connectivity index (χ4v) is 4.87. The van der Waals surface area contributed by atoms with Crippen molar-refractivity contribution in [3.8, 4) is 17.2 Å². The summed E-state index contributed by atoms with van der Waals surface area (Å²) in [5.41, 5.74) is 3.18. The summed E-state index contributed by atoms with van der Waals surface area (Å²) in [6.45, 7) is 1.99. The molecule has 11 heteroatoms. The van der Waals surface area contributed by atoms with E-state index in [9.17, 15) is 4.79 Å². The Balaban J connectivity index is 1.46. The van der Waals surface area contributed by atoms with Gasteiger partial charge in [-0.05, 0) is 61.0 Å². The molecule has 0 saturated heterocycles. The third kappa shape index (κ3) is 5.36. The molecule has 1 aliphatic rings. The number of methoxy groups -OCH3 is 2. The Kier molecular flexibility index (Phi) is 7.63. The van der Waals surface area contributed by atoms with Crippen molar-refractivity contribution in [2.24, 2.45) is 0 Å². The van der Waals surface area contributed by atoms with Crippen molar-refractivity contribution in [3.05, 3.63) is 99.4 Å². The van der Waals surface area contributed by atoms with Crippen molar-refractivity contribution < 1.29 is 19.0 Å². The van der Waals surface area contributed by atoms with Crippen LogP contribution in [0.2, 0.25) is 10.0 Å². The van der Waals surface area contributed by atoms with Crippen LogP contribution in [-0.2, 0) is 11.4 Å². The number of fused-ring (bicyclic) bond motifs is 1. The highest BCUT2D eigenvalue weighted by Crippen LogP contribution is 2.39. The van der Waals surface area contributed by atoms with Crippen molar-refractivity contribution >= 4 is 40.7 Å². The van der Waals surface area contributed by atoms with Gasteiger partial charge in [0.25, 0.3) is 5.91 Å². The summed E-state index contributed by atoms with van der Waals surface area (Å²) in [4.78, 5) is 17.9. The molecule has 200 valence electrons. The predicted octanol–water partition coefficient (Wildman–Crippen LogP) is 6.11. The molecule has 0 bridgehead atoms. The Hall–Kier alpha value is -4.21. The van der Waals surface area contributed by atoms with Crippen LogP contribution in [0.15, 0.2) is 78.3 Å². The number of rotatable bonds is 8. The number of hydrogen-bond acceptors (Lipinski definition) is 7. The average molecular weight is 566 g/mol. The molecule has 1 amide bonds. The van der Waals surface area contributed by atoms with Gasteiger partial charge in [0.05, 0.1) is 19.8 Å². The van der Waals surface area contributed by atoms with Crippen LogP contribution in [0.5, 0.6) is 17.2 Å². The second-order valence-electron chi connectivity index (χ2n) is 8.68. The Morgan fingerprint density at radius 3 is 2.46 bits per heavy atom. The van der Waals surface area contributed by atoms with Crippen LogP contribution in [0.4, 0.5) is 11.6 Å². The molecule has 0 fully saturated rings. The van der Waals surface area contributed by atoms with Crippen LogP contribution in [0.3, 0.4) is 0 Å². The van der Waals surface area contributed by atoms with E-state index in [2.05, 4.69) is 20.7 Å². The Morgan fingerprint density at radius 1 is 1.03 bits per heavy atom. The second-order valence-corrected chi connectivity index (χ2v) is 9.49. The maximum Gasteiger partial charge on any atom is 0.255 e. The van der Waals surface area contributed by atoms with Crippen molar-refractivity contribution in [1.82, 2.24) is 14.8 Å². The highest BCUT2D eigenvalue weighted by atomic mass is 35.5. The van der Waals surface area contributed by atoms with E-state index in [1.807, 2.05) is 19.1 Å². The lowest BCUT2D eigenvalue weighted by Crippen LogP contribution is -2.31. The fraction of sp³-hybridized carbons (Fsp3) is 0.179. The lowest BCUT2D eigenvalue weighted by molar-refractivity contribution is -0.113. The largest absolute Gasteiger partial charge is 0.497 e. The lowest BCUT2D eigenvalue weighted by Gasteiger charge is -2.29. The van der Waals surface area contributed by atoms with Crippen molar-refractivity contribution in [2.75, 3.05) is 24.9 Å². The number of halogens is 2. The predicted molar refractivity (Wildman–Crippen MR) is 150 cm³/mol. The first-order valence-corrected chi connectivity index (χ1v) is 12.7. The fourth-order valence-electron chi connectivity index (χ4n) is 4.36. The van der Waals surface area contributed by atoms with Gasteiger partial charge in [-0.3, -0.25) is 4.79 Å². The molecule has 0 saturated carbocycles. The zero-order valence-corrected chi connectivity index (χ0v) is 22.9. The van der Waals surface area contributed by atoms with Crippen molar-refractivity contribution in [2.45, 2.75) is 19.6 Å². The number of hydrogen-bond donors (Lipinski definition) is 2. The molecule has 5 rings (SSSR count). The van der Waals surface area contributed by atoms with Crippen LogP contribution in [0, 0.1) is 0 Å². The van der Waals surface area contributed by atoms with E-state index in [1.54, 1.807) is 67.4 Å². The van der Waals surface area contributed by atoms with Crippen molar-refractivity contribution in [3.63, 3.8) is 0 Å². The molecule has 2 heterocycles. The molecular weight excluding hydrogens is 541 g/mol. The van der Waals surface area contributed by atoms with E-state index in [0.717, 1.165) is 5.56 Å². The zero-order chi connectivity index (χ0) is 27.5. The molecule has 0 aliphatic carbocycles. The minimum Gasteiger partial charge on any atom is -0.497 e. The van der Waals surface area contributed by atoms with E-state index in [0.29, 0.717) is 55.8 Å². The molecule has 1 atom stereocenters. The Bertz CT molecular complexity index is 1530. The van der Waals surface area contributed by atoms with Crippen LogP contribution < -0.4 is 24.8 Å². The third-order valence-corrected chi connectivity index (χ3v) is 7.03. The molecule has 1 aliphatic heterocycles. The summed E-state index contributed by atoms with van der Waals surface area (Å²) in [5.74, 6) is 1.90. The highest BCUT2D eigenvalue weighted by Gasteiger charge is 2.34. The van der Waals surface area contributed by atoms with E-state index < -0.39 is 6.04 Å². The van der Waals surface area contributed by atoms with Gasteiger partial charge in [-0.2, -0.15) is 10.1 Å². The van der Waals surface area contributed by atoms with E-state index in [1.165, 1.54) is 6.33 Å². The molecule has 2 N–H and O–H groups in total. The second kappa shape index (κ2) is 11.3. The molecule has 1 aromatic heterocycles. The van der Waals surface area contributed by atoms with Crippen molar-refractivity contribution in [1.29, 1.82) is 0 Å². The van der Waals surface area contributed by atoms with Gasteiger partial charge in [0.2, 0.25) is 5.95 Å². The number of amides is 1. The summed E-state index contributed by atoms with van der Waals surface area (Å²) in [5, 5.41) is 11.6. The monoisotopic (exact) mass is 565 g/mol. The SMILES string of the molecule is COc1ccc(NC(=O)C2=C(C)Nc3ncnn3[C@H]2c2ccc(OCc3c(Cl)cccc3Cl)c(OC)c2)cc1. The van der Waals surface area contributed by atoms with Gasteiger partial charge in [0, 0.05) is 27.0 Å². The number of nitrogens with one attached hydrogen (secondary N) is 2. The van der Waals surface area contributed by atoms with Crippen LogP contribution in [0.1, 0.15) is 24.1 Å². The summed E-state index contributed by atoms with van der Waals surface area (Å²) in [7, 11) is 3.14. The van der Waals surface area contributed by atoms with Gasteiger partial charge in [-0.15, -0.1) is 0 Å². The first-order chi connectivity index (χ1) is 18.9. The van der Waals surface area contributed by atoms with Gasteiger partial charge in [0.15, 0.2) is 11.5 Å². The third-order valence-electron chi connectivity index (χ3n) is 6.32. The lowest BCUT2D eigenvalue weighted by atomic mass is 9.94. The maximum absolute atomic E-state index is 13.6. The first-order valence-electron chi connectivity index (χ1n) is 12.0. The van der Waals surface area contributed by atoms with Gasteiger partial charge in [0.1, 0.15) is 24.7 Å². The van der Waals surface area contributed by atoms with E-state index >= 15 is 0 Å². The molecule has 9 nitrogen and oxygen atoms in total. The highest BCUT2D eigenvalue weighted by molar-refractivity contribution is 6.35. The Morgan fingerprint density at radius 2 is 1.77 bits per heavy atom. The topological polar surface area (TPSA) is 99.5 Å². The molecule has 3 aromatic carbocycles. The number of aromatic nitrogens is 3. The van der Waals surface area contributed by atoms with Gasteiger partial charge in [-0.25, -0.2) is 4.68 Å². The number of carbonyl (C=O) groups is 1. The summed E-state index contributed by atoms with van der Waals surface area (Å²) in [6, 6.07) is 17.3. The molecule has 4 aromatic rings. The number of carbonyl (C=O) groups excluding carboxylic acids is 1. The molecule has 0 radical (unpaired) electrons. The number of nitrogens with zero attached hydrogens (tertiary/aromatic N) is 3. The summed E-state index contributed by atoms with van der Waals surface area (Å²) >= 11 is 12.6.